The van der Waals surface area contributed by atoms with E-state index in [0.717, 1.165) is 0 Å². The largest absolute Gasteiger partial charge is 0.374 e. The standard InChI is InChI=1S/C11H14O3S/c1-7(10(12)8(2)14-3)11(13)9-4-5-15-6-9/h4-8H,1-3H3. The molecular weight excluding hydrogens is 212 g/mol. The van der Waals surface area contributed by atoms with Gasteiger partial charge in [0.1, 0.15) is 6.10 Å². The highest BCUT2D eigenvalue weighted by molar-refractivity contribution is 7.08. The summed E-state index contributed by atoms with van der Waals surface area (Å²) < 4.78 is 4.90. The molecule has 4 heteroatoms. The molecule has 0 amide bonds. The molecule has 2 atom stereocenters. The van der Waals surface area contributed by atoms with Crippen LogP contribution in [0.5, 0.6) is 0 Å². The number of Topliss-reactive ketones (excluding diaryl/α,β-unsaturated/α-hetero) is 2. The minimum Gasteiger partial charge on any atom is -0.374 e. The first kappa shape index (κ1) is 12.1. The van der Waals surface area contributed by atoms with Crippen LogP contribution in [0, 0.1) is 5.92 Å². The molecule has 15 heavy (non-hydrogen) atoms. The number of hydrogen-bond acceptors (Lipinski definition) is 4. The highest BCUT2D eigenvalue weighted by atomic mass is 32.1. The van der Waals surface area contributed by atoms with Crippen LogP contribution in [0.2, 0.25) is 0 Å². The molecule has 0 bridgehead atoms. The molecule has 2 unspecified atom stereocenters. The van der Waals surface area contributed by atoms with Gasteiger partial charge in [-0.25, -0.2) is 0 Å². The SMILES string of the molecule is COC(C)C(=O)C(C)C(=O)c1ccsc1. The number of ketones is 2. The van der Waals surface area contributed by atoms with Gasteiger partial charge in [-0.3, -0.25) is 9.59 Å². The molecule has 1 heterocycles. The third-order valence-corrected chi connectivity index (χ3v) is 3.06. The average molecular weight is 226 g/mol. The molecular formula is C11H14O3S. The number of ether oxygens (including phenoxy) is 1. The van der Waals surface area contributed by atoms with Crippen LogP contribution in [0.3, 0.4) is 0 Å². The van der Waals surface area contributed by atoms with Crippen LogP contribution in [0.15, 0.2) is 16.8 Å². The lowest BCUT2D eigenvalue weighted by molar-refractivity contribution is -0.129. The number of thiophene rings is 1. The molecule has 0 saturated carbocycles. The van der Waals surface area contributed by atoms with Gasteiger partial charge in [0.2, 0.25) is 0 Å². The van der Waals surface area contributed by atoms with Crippen molar-refractivity contribution < 1.29 is 14.3 Å². The van der Waals surface area contributed by atoms with E-state index < -0.39 is 12.0 Å². The molecule has 1 rings (SSSR count). The van der Waals surface area contributed by atoms with Gasteiger partial charge >= 0.3 is 0 Å². The van der Waals surface area contributed by atoms with Crippen molar-refractivity contribution in [2.75, 3.05) is 7.11 Å². The summed E-state index contributed by atoms with van der Waals surface area (Å²) in [7, 11) is 1.46. The normalized spacial score (nSPS) is 14.6. The smallest absolute Gasteiger partial charge is 0.173 e. The molecule has 0 saturated heterocycles. The topological polar surface area (TPSA) is 43.4 Å². The van der Waals surface area contributed by atoms with Crippen LogP contribution in [-0.4, -0.2) is 24.8 Å². The molecule has 0 N–H and O–H groups in total. The Balaban J connectivity index is 2.73. The Morgan fingerprint density at radius 3 is 2.53 bits per heavy atom. The van der Waals surface area contributed by atoms with Gasteiger partial charge in [-0.15, -0.1) is 0 Å². The Labute approximate surface area is 93.1 Å². The van der Waals surface area contributed by atoms with Gasteiger partial charge in [0, 0.05) is 18.1 Å². The lowest BCUT2D eigenvalue weighted by atomic mass is 9.94. The van der Waals surface area contributed by atoms with Crippen LogP contribution in [0.4, 0.5) is 0 Å². The van der Waals surface area contributed by atoms with Gasteiger partial charge in [0.05, 0.1) is 5.92 Å². The Morgan fingerprint density at radius 1 is 1.40 bits per heavy atom. The van der Waals surface area contributed by atoms with Crippen molar-refractivity contribution >= 4 is 22.9 Å². The van der Waals surface area contributed by atoms with E-state index in [4.69, 9.17) is 4.74 Å². The van der Waals surface area contributed by atoms with Gasteiger partial charge in [0.15, 0.2) is 11.6 Å². The molecule has 3 nitrogen and oxygen atoms in total. The monoisotopic (exact) mass is 226 g/mol. The fourth-order valence-electron chi connectivity index (χ4n) is 1.25. The van der Waals surface area contributed by atoms with Crippen molar-refractivity contribution in [3.63, 3.8) is 0 Å². The minimum absolute atomic E-state index is 0.134. The van der Waals surface area contributed by atoms with E-state index in [0.29, 0.717) is 5.56 Å². The summed E-state index contributed by atoms with van der Waals surface area (Å²) in [6.45, 7) is 3.28. The number of carbonyl (C=O) groups is 2. The van der Waals surface area contributed by atoms with Gasteiger partial charge in [0.25, 0.3) is 0 Å². The fourth-order valence-corrected chi connectivity index (χ4v) is 1.90. The molecule has 1 aromatic rings. The van der Waals surface area contributed by atoms with Crippen molar-refractivity contribution in [2.45, 2.75) is 20.0 Å². The van der Waals surface area contributed by atoms with Gasteiger partial charge < -0.3 is 4.74 Å². The van der Waals surface area contributed by atoms with Crippen molar-refractivity contribution in [3.05, 3.63) is 22.4 Å². The zero-order chi connectivity index (χ0) is 11.4. The number of rotatable bonds is 5. The number of carbonyl (C=O) groups excluding carboxylic acids is 2. The predicted octanol–water partition coefficient (Wildman–Crippen LogP) is 2.17. The Hall–Kier alpha value is -1.000. The van der Waals surface area contributed by atoms with Gasteiger partial charge in [-0.1, -0.05) is 0 Å². The van der Waals surface area contributed by atoms with E-state index in [9.17, 15) is 9.59 Å². The lowest BCUT2D eigenvalue weighted by Gasteiger charge is -2.13. The summed E-state index contributed by atoms with van der Waals surface area (Å²) in [6.07, 6.45) is -0.525. The van der Waals surface area contributed by atoms with E-state index in [1.807, 2.05) is 5.38 Å². The second-order valence-corrected chi connectivity index (χ2v) is 4.16. The van der Waals surface area contributed by atoms with E-state index in [2.05, 4.69) is 0 Å². The fraction of sp³-hybridized carbons (Fsp3) is 0.455. The third kappa shape index (κ3) is 2.73. The van der Waals surface area contributed by atoms with Crippen molar-refractivity contribution in [1.82, 2.24) is 0 Å². The second kappa shape index (κ2) is 5.19. The van der Waals surface area contributed by atoms with Crippen LogP contribution in [-0.2, 0) is 9.53 Å². The molecule has 0 aliphatic heterocycles. The Bertz CT molecular complexity index is 343. The molecule has 1 aromatic heterocycles. The molecule has 0 aliphatic carbocycles. The zero-order valence-electron chi connectivity index (χ0n) is 9.02. The van der Waals surface area contributed by atoms with Crippen LogP contribution in [0.25, 0.3) is 0 Å². The first-order valence-electron chi connectivity index (χ1n) is 4.71. The highest BCUT2D eigenvalue weighted by Gasteiger charge is 2.26. The van der Waals surface area contributed by atoms with Crippen LogP contribution < -0.4 is 0 Å². The first-order chi connectivity index (χ1) is 7.07. The third-order valence-electron chi connectivity index (χ3n) is 2.38. The lowest BCUT2D eigenvalue weighted by Crippen LogP contribution is -2.30. The Morgan fingerprint density at radius 2 is 2.07 bits per heavy atom. The second-order valence-electron chi connectivity index (χ2n) is 3.38. The summed E-state index contributed by atoms with van der Waals surface area (Å²) in [6, 6.07) is 1.73. The molecule has 0 spiro atoms. The van der Waals surface area contributed by atoms with Gasteiger partial charge in [-0.05, 0) is 25.3 Å². The first-order valence-corrected chi connectivity index (χ1v) is 5.65. The van der Waals surface area contributed by atoms with E-state index in [1.165, 1.54) is 18.4 Å². The maximum Gasteiger partial charge on any atom is 0.173 e. The number of hydrogen-bond donors (Lipinski definition) is 0. The summed E-state index contributed by atoms with van der Waals surface area (Å²) in [5, 5.41) is 3.58. The predicted molar refractivity (Wildman–Crippen MR) is 59.3 cm³/mol. The highest BCUT2D eigenvalue weighted by Crippen LogP contribution is 2.14. The quantitative estimate of drug-likeness (QED) is 0.571. The van der Waals surface area contributed by atoms with E-state index in [1.54, 1.807) is 25.3 Å². The zero-order valence-corrected chi connectivity index (χ0v) is 9.84. The van der Waals surface area contributed by atoms with E-state index >= 15 is 0 Å². The molecule has 0 radical (unpaired) electrons. The van der Waals surface area contributed by atoms with Crippen molar-refractivity contribution in [3.8, 4) is 0 Å². The van der Waals surface area contributed by atoms with Crippen LogP contribution >= 0.6 is 11.3 Å². The average Bonchev–Trinajstić information content (AvgIpc) is 2.78. The van der Waals surface area contributed by atoms with Crippen LogP contribution in [0.1, 0.15) is 24.2 Å². The maximum absolute atomic E-state index is 11.8. The Kier molecular flexibility index (Phi) is 4.17. The summed E-state index contributed by atoms with van der Waals surface area (Å²) >= 11 is 1.45. The van der Waals surface area contributed by atoms with Crippen molar-refractivity contribution in [1.29, 1.82) is 0 Å². The minimum atomic E-state index is -0.630. The number of methoxy groups -OCH3 is 1. The van der Waals surface area contributed by atoms with E-state index in [-0.39, 0.29) is 11.6 Å². The molecule has 82 valence electrons. The van der Waals surface area contributed by atoms with Gasteiger partial charge in [-0.2, -0.15) is 11.3 Å². The maximum atomic E-state index is 11.8. The van der Waals surface area contributed by atoms with Crippen molar-refractivity contribution in [2.24, 2.45) is 5.92 Å². The summed E-state index contributed by atoms with van der Waals surface area (Å²) in [5.74, 6) is -0.937. The summed E-state index contributed by atoms with van der Waals surface area (Å²) in [4.78, 5) is 23.5. The molecule has 0 aliphatic rings. The summed E-state index contributed by atoms with van der Waals surface area (Å²) in [5.41, 5.74) is 0.601. The molecule has 0 fully saturated rings. The molecule has 0 aromatic carbocycles.